The summed E-state index contributed by atoms with van der Waals surface area (Å²) in [5.74, 6) is -3.92. The summed E-state index contributed by atoms with van der Waals surface area (Å²) in [4.78, 5) is 26.6. The van der Waals surface area contributed by atoms with E-state index in [0.717, 1.165) is 24.6 Å². The van der Waals surface area contributed by atoms with E-state index in [1.165, 1.54) is 12.3 Å². The number of primary amides is 1. The molecule has 0 saturated carbocycles. The van der Waals surface area contributed by atoms with Crippen LogP contribution < -0.4 is 15.8 Å². The van der Waals surface area contributed by atoms with Crippen LogP contribution in [0.5, 0.6) is 5.75 Å². The van der Waals surface area contributed by atoms with Crippen molar-refractivity contribution in [1.29, 1.82) is 0 Å². The van der Waals surface area contributed by atoms with Crippen molar-refractivity contribution in [2.24, 2.45) is 5.73 Å². The maximum absolute atomic E-state index is 12.9. The SMILES string of the molecule is C=C(COc1cccc(F)c1F)C(F)(F)F.CC1CCC(C(=O)Nc2ccnc(C(N)=O)c2)O1. The smallest absolute Gasteiger partial charge is 0.415 e. The Balaban J connectivity index is 0.000000242. The minimum Gasteiger partial charge on any atom is -0.486 e. The Bertz CT molecular complexity index is 1050. The molecule has 1 aliphatic heterocycles. The van der Waals surface area contributed by atoms with E-state index in [2.05, 4.69) is 21.6 Å². The number of hydrogen-bond acceptors (Lipinski definition) is 5. The topological polar surface area (TPSA) is 104 Å². The first-order valence-corrected chi connectivity index (χ1v) is 9.92. The third kappa shape index (κ3) is 7.80. The second-order valence-electron chi connectivity index (χ2n) is 7.24. The molecule has 2 amide bonds. The largest absolute Gasteiger partial charge is 0.486 e. The second-order valence-corrected chi connectivity index (χ2v) is 7.24. The molecule has 1 aromatic heterocycles. The molecule has 2 atom stereocenters. The number of rotatable bonds is 6. The van der Waals surface area contributed by atoms with Crippen LogP contribution in [-0.4, -0.2) is 41.8 Å². The van der Waals surface area contributed by atoms with Crippen molar-refractivity contribution in [3.63, 3.8) is 0 Å². The quantitative estimate of drug-likeness (QED) is 0.471. The highest BCUT2D eigenvalue weighted by Crippen LogP contribution is 2.26. The van der Waals surface area contributed by atoms with Gasteiger partial charge in [-0.05, 0) is 44.0 Å². The van der Waals surface area contributed by atoms with Gasteiger partial charge in [0.15, 0.2) is 11.6 Å². The maximum atomic E-state index is 12.9. The number of carbonyl (C=O) groups is 2. The molecule has 0 spiro atoms. The van der Waals surface area contributed by atoms with Crippen molar-refractivity contribution < 1.29 is 41.0 Å². The standard InChI is InChI=1S/C12H15N3O3.C10H7F5O/c1-7-2-3-10(18-7)12(17)15-8-4-5-14-9(6-8)11(13)16;1-6(10(13,14)15)5-16-8-4-2-3-7(11)9(8)12/h4-7,10H,2-3H2,1H3,(H2,13,16)(H,14,15,17);2-4H,1,5H2. The molecule has 0 aliphatic carbocycles. The van der Waals surface area contributed by atoms with Gasteiger partial charge in [-0.15, -0.1) is 0 Å². The predicted octanol–water partition coefficient (Wildman–Crippen LogP) is 4.15. The van der Waals surface area contributed by atoms with Gasteiger partial charge in [0.2, 0.25) is 5.82 Å². The number of nitrogens with zero attached hydrogens (tertiary/aromatic N) is 1. The number of ether oxygens (including phenoxy) is 2. The summed E-state index contributed by atoms with van der Waals surface area (Å²) in [6.07, 6.45) is -1.91. The molecule has 12 heteroatoms. The van der Waals surface area contributed by atoms with Crippen LogP contribution in [0.4, 0.5) is 27.6 Å². The molecule has 0 radical (unpaired) electrons. The lowest BCUT2D eigenvalue weighted by atomic mass is 10.2. The fraction of sp³-hybridized carbons (Fsp3) is 0.318. The molecule has 184 valence electrons. The first-order valence-electron chi connectivity index (χ1n) is 9.92. The van der Waals surface area contributed by atoms with Gasteiger partial charge in [0.05, 0.1) is 11.7 Å². The Hall–Kier alpha value is -3.54. The fourth-order valence-electron chi connectivity index (χ4n) is 2.70. The number of aromatic nitrogens is 1. The minimum atomic E-state index is -4.61. The van der Waals surface area contributed by atoms with Crippen LogP contribution in [0.2, 0.25) is 0 Å². The summed E-state index contributed by atoms with van der Waals surface area (Å²) in [6, 6.07) is 6.04. The third-order valence-corrected chi connectivity index (χ3v) is 4.52. The zero-order valence-electron chi connectivity index (χ0n) is 18.0. The molecule has 1 saturated heterocycles. The summed E-state index contributed by atoms with van der Waals surface area (Å²) < 4.78 is 71.5. The summed E-state index contributed by atoms with van der Waals surface area (Å²) in [6.45, 7) is 3.72. The van der Waals surface area contributed by atoms with E-state index in [4.69, 9.17) is 10.5 Å². The van der Waals surface area contributed by atoms with Gasteiger partial charge in [-0.2, -0.15) is 17.6 Å². The van der Waals surface area contributed by atoms with Crippen LogP contribution in [-0.2, 0) is 9.53 Å². The van der Waals surface area contributed by atoms with E-state index in [-0.39, 0.29) is 17.7 Å². The van der Waals surface area contributed by atoms with E-state index in [1.54, 1.807) is 6.07 Å². The molecule has 1 aliphatic rings. The molecular formula is C22H22F5N3O4. The highest BCUT2D eigenvalue weighted by molar-refractivity contribution is 5.96. The molecule has 1 fully saturated rings. The highest BCUT2D eigenvalue weighted by atomic mass is 19.4. The van der Waals surface area contributed by atoms with E-state index in [9.17, 15) is 31.5 Å². The van der Waals surface area contributed by atoms with Crippen molar-refractivity contribution in [2.45, 2.75) is 38.1 Å². The van der Waals surface area contributed by atoms with Crippen molar-refractivity contribution >= 4 is 17.5 Å². The van der Waals surface area contributed by atoms with E-state index < -0.39 is 47.8 Å². The maximum Gasteiger partial charge on any atom is 0.415 e. The molecular weight excluding hydrogens is 465 g/mol. The zero-order valence-corrected chi connectivity index (χ0v) is 18.0. The summed E-state index contributed by atoms with van der Waals surface area (Å²) >= 11 is 0. The van der Waals surface area contributed by atoms with E-state index in [1.807, 2.05) is 6.92 Å². The Morgan fingerprint density at radius 3 is 2.56 bits per heavy atom. The van der Waals surface area contributed by atoms with Crippen molar-refractivity contribution in [3.05, 3.63) is 66.0 Å². The van der Waals surface area contributed by atoms with Crippen LogP contribution in [0.1, 0.15) is 30.3 Å². The number of nitrogens with two attached hydrogens (primary N) is 1. The lowest BCUT2D eigenvalue weighted by Crippen LogP contribution is -2.28. The summed E-state index contributed by atoms with van der Waals surface area (Å²) in [5, 5.41) is 2.69. The van der Waals surface area contributed by atoms with Crippen LogP contribution >= 0.6 is 0 Å². The van der Waals surface area contributed by atoms with Gasteiger partial charge < -0.3 is 20.5 Å². The number of halogens is 5. The number of carbonyl (C=O) groups excluding carboxylic acids is 2. The molecule has 3 rings (SSSR count). The second kappa shape index (κ2) is 11.5. The molecule has 2 heterocycles. The monoisotopic (exact) mass is 487 g/mol. The molecule has 2 unspecified atom stereocenters. The first-order chi connectivity index (χ1) is 15.9. The molecule has 2 aromatic rings. The van der Waals surface area contributed by atoms with Gasteiger partial charge in [-0.25, -0.2) is 4.39 Å². The van der Waals surface area contributed by atoms with Crippen molar-refractivity contribution in [2.75, 3.05) is 11.9 Å². The lowest BCUT2D eigenvalue weighted by Gasteiger charge is -2.11. The van der Waals surface area contributed by atoms with Crippen LogP contribution in [0, 0.1) is 11.6 Å². The van der Waals surface area contributed by atoms with Crippen LogP contribution in [0.3, 0.4) is 0 Å². The molecule has 34 heavy (non-hydrogen) atoms. The average Bonchev–Trinajstić information content (AvgIpc) is 3.21. The zero-order chi connectivity index (χ0) is 25.5. The van der Waals surface area contributed by atoms with Gasteiger partial charge in [-0.3, -0.25) is 14.6 Å². The van der Waals surface area contributed by atoms with Gasteiger partial charge in [0.1, 0.15) is 18.4 Å². The molecule has 0 bridgehead atoms. The predicted molar refractivity (Wildman–Crippen MR) is 112 cm³/mol. The normalized spacial score (nSPS) is 17.4. The van der Waals surface area contributed by atoms with Gasteiger partial charge in [0.25, 0.3) is 11.8 Å². The third-order valence-electron chi connectivity index (χ3n) is 4.52. The number of anilines is 1. The Kier molecular flexibility index (Phi) is 9.07. The van der Waals surface area contributed by atoms with Crippen LogP contribution in [0.25, 0.3) is 0 Å². The number of pyridine rings is 1. The highest BCUT2D eigenvalue weighted by Gasteiger charge is 2.32. The Morgan fingerprint density at radius 2 is 1.97 bits per heavy atom. The molecule has 1 aromatic carbocycles. The fourth-order valence-corrected chi connectivity index (χ4v) is 2.70. The van der Waals surface area contributed by atoms with Crippen molar-refractivity contribution in [1.82, 2.24) is 4.98 Å². The minimum absolute atomic E-state index is 0.111. The number of nitrogens with one attached hydrogen (secondary N) is 1. The van der Waals surface area contributed by atoms with Crippen molar-refractivity contribution in [3.8, 4) is 5.75 Å². The molecule has 7 nitrogen and oxygen atoms in total. The number of hydrogen-bond donors (Lipinski definition) is 2. The summed E-state index contributed by atoms with van der Waals surface area (Å²) in [7, 11) is 0. The lowest BCUT2D eigenvalue weighted by molar-refractivity contribution is -0.126. The number of benzene rings is 1. The first kappa shape index (κ1) is 26.7. The Labute approximate surface area is 191 Å². The van der Waals surface area contributed by atoms with E-state index >= 15 is 0 Å². The van der Waals surface area contributed by atoms with Gasteiger partial charge in [-0.1, -0.05) is 12.6 Å². The summed E-state index contributed by atoms with van der Waals surface area (Å²) in [5.41, 5.74) is 4.56. The number of amides is 2. The number of alkyl halides is 3. The molecule has 3 N–H and O–H groups in total. The van der Waals surface area contributed by atoms with E-state index in [0.29, 0.717) is 12.1 Å². The average molecular weight is 487 g/mol. The Morgan fingerprint density at radius 1 is 1.26 bits per heavy atom. The van der Waals surface area contributed by atoms with Crippen LogP contribution in [0.15, 0.2) is 48.7 Å². The van der Waals surface area contributed by atoms with Gasteiger partial charge >= 0.3 is 6.18 Å². The van der Waals surface area contributed by atoms with Gasteiger partial charge in [0, 0.05) is 11.9 Å².